The van der Waals surface area contributed by atoms with E-state index in [1.165, 1.54) is 4.88 Å². The van der Waals surface area contributed by atoms with Crippen molar-refractivity contribution in [3.8, 4) is 5.75 Å². The molecule has 0 aliphatic rings. The van der Waals surface area contributed by atoms with Crippen LogP contribution < -0.4 is 10.1 Å². The van der Waals surface area contributed by atoms with Crippen molar-refractivity contribution in [1.29, 1.82) is 0 Å². The van der Waals surface area contributed by atoms with Gasteiger partial charge in [0.1, 0.15) is 5.75 Å². The molecule has 0 aliphatic heterocycles. The van der Waals surface area contributed by atoms with Crippen molar-refractivity contribution >= 4 is 40.2 Å². The molecule has 2 aromatic rings. The second kappa shape index (κ2) is 7.04. The molecule has 0 saturated heterocycles. The van der Waals surface area contributed by atoms with Gasteiger partial charge in [0.05, 0.1) is 17.3 Å². The van der Waals surface area contributed by atoms with Crippen LogP contribution in [0.4, 0.5) is 5.69 Å². The second-order valence-electron chi connectivity index (χ2n) is 4.07. The standard InChI is InChI=1S/C14H15Cl2NOS/c1-2-5-18-14-4-3-10(15)7-13(14)17-8-12-6-11(16)9-19-12/h3-4,6-7,9,17H,2,5,8H2,1H3. The van der Waals surface area contributed by atoms with Crippen LogP contribution in [0.5, 0.6) is 5.75 Å². The van der Waals surface area contributed by atoms with Crippen molar-refractivity contribution in [1.82, 2.24) is 0 Å². The molecule has 0 saturated carbocycles. The van der Waals surface area contributed by atoms with E-state index in [0.29, 0.717) is 18.2 Å². The summed E-state index contributed by atoms with van der Waals surface area (Å²) in [4.78, 5) is 1.17. The Bertz CT molecular complexity index is 542. The molecule has 1 N–H and O–H groups in total. The van der Waals surface area contributed by atoms with Crippen molar-refractivity contribution in [2.75, 3.05) is 11.9 Å². The van der Waals surface area contributed by atoms with Crippen LogP contribution in [0.1, 0.15) is 18.2 Å². The van der Waals surface area contributed by atoms with Gasteiger partial charge in [-0.05, 0) is 30.7 Å². The van der Waals surface area contributed by atoms with Gasteiger partial charge in [-0.2, -0.15) is 0 Å². The summed E-state index contributed by atoms with van der Waals surface area (Å²) in [5, 5.41) is 6.72. The van der Waals surface area contributed by atoms with Gasteiger partial charge < -0.3 is 10.1 Å². The minimum atomic E-state index is 0.690. The number of halogens is 2. The van der Waals surface area contributed by atoms with Crippen molar-refractivity contribution < 1.29 is 4.74 Å². The molecule has 2 nitrogen and oxygen atoms in total. The summed E-state index contributed by atoms with van der Waals surface area (Å²) >= 11 is 13.6. The van der Waals surface area contributed by atoms with Crippen LogP contribution in [0.2, 0.25) is 10.0 Å². The number of benzene rings is 1. The largest absolute Gasteiger partial charge is 0.491 e. The van der Waals surface area contributed by atoms with Gasteiger partial charge >= 0.3 is 0 Å². The smallest absolute Gasteiger partial charge is 0.142 e. The van der Waals surface area contributed by atoms with Crippen molar-refractivity contribution in [3.63, 3.8) is 0 Å². The number of anilines is 1. The fraction of sp³-hybridized carbons (Fsp3) is 0.286. The van der Waals surface area contributed by atoms with Gasteiger partial charge in [-0.1, -0.05) is 30.1 Å². The minimum absolute atomic E-state index is 0.690. The third-order valence-corrected chi connectivity index (χ3v) is 4.00. The Morgan fingerprint density at radius 1 is 1.21 bits per heavy atom. The summed E-state index contributed by atoms with van der Waals surface area (Å²) in [6.07, 6.45) is 0.975. The van der Waals surface area contributed by atoms with Crippen molar-refractivity contribution in [2.45, 2.75) is 19.9 Å². The second-order valence-corrected chi connectivity index (χ2v) is 5.94. The van der Waals surface area contributed by atoms with Crippen LogP contribution in [0, 0.1) is 0 Å². The lowest BCUT2D eigenvalue weighted by Crippen LogP contribution is -2.02. The predicted molar refractivity (Wildman–Crippen MR) is 83.9 cm³/mol. The zero-order valence-electron chi connectivity index (χ0n) is 10.6. The molecule has 5 heteroatoms. The van der Waals surface area contributed by atoms with E-state index in [4.69, 9.17) is 27.9 Å². The predicted octanol–water partition coefficient (Wildman–Crippen LogP) is 5.46. The number of nitrogens with one attached hydrogen (secondary N) is 1. The highest BCUT2D eigenvalue weighted by molar-refractivity contribution is 7.10. The summed E-state index contributed by atoms with van der Waals surface area (Å²) in [5.74, 6) is 0.828. The average molecular weight is 316 g/mol. The Hall–Kier alpha value is -0.900. The molecular weight excluding hydrogens is 301 g/mol. The highest BCUT2D eigenvalue weighted by atomic mass is 35.5. The van der Waals surface area contributed by atoms with Gasteiger partial charge in [0.2, 0.25) is 0 Å². The molecule has 102 valence electrons. The van der Waals surface area contributed by atoms with E-state index < -0.39 is 0 Å². The summed E-state index contributed by atoms with van der Waals surface area (Å²) in [7, 11) is 0. The number of hydrogen-bond acceptors (Lipinski definition) is 3. The lowest BCUT2D eigenvalue weighted by molar-refractivity contribution is 0.319. The molecule has 1 heterocycles. The molecule has 1 aromatic heterocycles. The molecule has 2 rings (SSSR count). The molecule has 0 aliphatic carbocycles. The Kier molecular flexibility index (Phi) is 5.37. The number of rotatable bonds is 6. The maximum Gasteiger partial charge on any atom is 0.142 e. The maximum absolute atomic E-state index is 6.02. The maximum atomic E-state index is 6.02. The van der Waals surface area contributed by atoms with Crippen LogP contribution >= 0.6 is 34.5 Å². The van der Waals surface area contributed by atoms with Crippen LogP contribution in [-0.4, -0.2) is 6.61 Å². The molecule has 0 radical (unpaired) electrons. The Morgan fingerprint density at radius 2 is 2.05 bits per heavy atom. The Morgan fingerprint density at radius 3 is 2.74 bits per heavy atom. The Labute approximate surface area is 127 Å². The van der Waals surface area contributed by atoms with Crippen LogP contribution in [-0.2, 0) is 6.54 Å². The number of hydrogen-bond donors (Lipinski definition) is 1. The van der Waals surface area contributed by atoms with E-state index in [1.54, 1.807) is 11.3 Å². The highest BCUT2D eigenvalue weighted by Gasteiger charge is 2.05. The van der Waals surface area contributed by atoms with Crippen molar-refractivity contribution in [2.24, 2.45) is 0 Å². The fourth-order valence-corrected chi connectivity index (χ4v) is 2.79. The molecule has 0 atom stereocenters. The molecule has 0 unspecified atom stereocenters. The first-order valence-corrected chi connectivity index (χ1v) is 7.71. The SMILES string of the molecule is CCCOc1ccc(Cl)cc1NCc1cc(Cl)cs1. The van der Waals surface area contributed by atoms with Gasteiger partial charge in [-0.15, -0.1) is 11.3 Å². The molecule has 19 heavy (non-hydrogen) atoms. The normalized spacial score (nSPS) is 10.5. The van der Waals surface area contributed by atoms with Gasteiger partial charge in [-0.25, -0.2) is 0 Å². The molecule has 0 fully saturated rings. The Balaban J connectivity index is 2.06. The highest BCUT2D eigenvalue weighted by Crippen LogP contribution is 2.29. The topological polar surface area (TPSA) is 21.3 Å². The third kappa shape index (κ3) is 4.30. The number of ether oxygens (including phenoxy) is 1. The van der Waals surface area contributed by atoms with E-state index in [-0.39, 0.29) is 0 Å². The lowest BCUT2D eigenvalue weighted by atomic mass is 10.3. The van der Waals surface area contributed by atoms with E-state index >= 15 is 0 Å². The molecule has 0 spiro atoms. The van der Waals surface area contributed by atoms with Crippen molar-refractivity contribution in [3.05, 3.63) is 44.6 Å². The van der Waals surface area contributed by atoms with Gasteiger partial charge in [0.25, 0.3) is 0 Å². The third-order valence-electron chi connectivity index (χ3n) is 2.48. The van der Waals surface area contributed by atoms with Crippen LogP contribution in [0.15, 0.2) is 29.6 Å². The fourth-order valence-electron chi connectivity index (χ4n) is 1.61. The molecule has 0 amide bonds. The molecule has 0 bridgehead atoms. The first kappa shape index (κ1) is 14.5. The summed E-state index contributed by atoms with van der Waals surface area (Å²) < 4.78 is 5.69. The van der Waals surface area contributed by atoms with Gasteiger partial charge in [-0.3, -0.25) is 0 Å². The van der Waals surface area contributed by atoms with E-state index in [0.717, 1.165) is 22.9 Å². The zero-order valence-corrected chi connectivity index (χ0v) is 12.9. The zero-order chi connectivity index (χ0) is 13.7. The van der Waals surface area contributed by atoms with Gasteiger partial charge in [0, 0.05) is 21.8 Å². The summed E-state index contributed by atoms with van der Waals surface area (Å²) in [5.41, 5.74) is 0.908. The first-order chi connectivity index (χ1) is 9.19. The first-order valence-electron chi connectivity index (χ1n) is 6.08. The summed E-state index contributed by atoms with van der Waals surface area (Å²) in [6.45, 7) is 3.48. The van der Waals surface area contributed by atoms with E-state index in [1.807, 2.05) is 29.6 Å². The minimum Gasteiger partial charge on any atom is -0.491 e. The molecular formula is C14H15Cl2NOS. The molecule has 1 aromatic carbocycles. The lowest BCUT2D eigenvalue weighted by Gasteiger charge is -2.12. The van der Waals surface area contributed by atoms with Gasteiger partial charge in [0.15, 0.2) is 0 Å². The average Bonchev–Trinajstić information content (AvgIpc) is 2.81. The van der Waals surface area contributed by atoms with Crippen LogP contribution in [0.3, 0.4) is 0 Å². The monoisotopic (exact) mass is 315 g/mol. The van der Waals surface area contributed by atoms with E-state index in [9.17, 15) is 0 Å². The van der Waals surface area contributed by atoms with E-state index in [2.05, 4.69) is 12.2 Å². The quantitative estimate of drug-likeness (QED) is 0.764. The van der Waals surface area contributed by atoms with Crippen LogP contribution in [0.25, 0.3) is 0 Å². The number of thiophene rings is 1. The summed E-state index contributed by atoms with van der Waals surface area (Å²) in [6, 6.07) is 7.56.